The average Bonchev–Trinajstić information content (AvgIpc) is 2.58. The van der Waals surface area contributed by atoms with Crippen LogP contribution in [0.4, 0.5) is 4.79 Å². The lowest BCUT2D eigenvalue weighted by molar-refractivity contribution is 0.205. The van der Waals surface area contributed by atoms with Crippen LogP contribution >= 0.6 is 0 Å². The van der Waals surface area contributed by atoms with Crippen molar-refractivity contribution >= 4 is 6.03 Å². The number of aromatic nitrogens is 1. The van der Waals surface area contributed by atoms with E-state index in [9.17, 15) is 4.79 Å². The van der Waals surface area contributed by atoms with Crippen LogP contribution in [-0.4, -0.2) is 42.7 Å². The minimum atomic E-state index is -0.0880. The molecule has 1 N–H and O–H groups in total. The lowest BCUT2D eigenvalue weighted by atomic mass is 10.1. The zero-order valence-corrected chi connectivity index (χ0v) is 15.5. The molecule has 1 heterocycles. The molecule has 0 unspecified atom stereocenters. The number of rotatable bonds is 7. The van der Waals surface area contributed by atoms with E-state index in [4.69, 9.17) is 4.74 Å². The van der Waals surface area contributed by atoms with Crippen LogP contribution in [-0.2, 0) is 6.42 Å². The first-order chi connectivity index (χ1) is 12.0. The molecule has 5 nitrogen and oxygen atoms in total. The van der Waals surface area contributed by atoms with Crippen molar-refractivity contribution < 1.29 is 9.53 Å². The number of nitrogens with zero attached hydrogens (tertiary/aromatic N) is 2. The van der Waals surface area contributed by atoms with Gasteiger partial charge < -0.3 is 15.0 Å². The second-order valence-corrected chi connectivity index (χ2v) is 6.34. The van der Waals surface area contributed by atoms with Gasteiger partial charge in [-0.25, -0.2) is 4.79 Å². The summed E-state index contributed by atoms with van der Waals surface area (Å²) in [7, 11) is 1.80. The second kappa shape index (κ2) is 9.06. The predicted octanol–water partition coefficient (Wildman–Crippen LogP) is 3.27. The second-order valence-electron chi connectivity index (χ2n) is 6.34. The summed E-state index contributed by atoms with van der Waals surface area (Å²) in [4.78, 5) is 17.8. The highest BCUT2D eigenvalue weighted by molar-refractivity contribution is 5.73. The van der Waals surface area contributed by atoms with Gasteiger partial charge in [-0.15, -0.1) is 0 Å². The topological polar surface area (TPSA) is 54.5 Å². The third-order valence-electron chi connectivity index (χ3n) is 4.06. The number of benzene rings is 1. The number of nitrogens with one attached hydrogen (secondary N) is 1. The Kier molecular flexibility index (Phi) is 6.81. The van der Waals surface area contributed by atoms with Crippen LogP contribution < -0.4 is 10.1 Å². The zero-order chi connectivity index (χ0) is 18.2. The SMILES string of the molecule is Cc1cc(C)c(OCCNC(=O)N(C)CCc2ccncc2)c(C)c1. The first kappa shape index (κ1) is 18.8. The Morgan fingerprint density at radius 1 is 1.16 bits per heavy atom. The van der Waals surface area contributed by atoms with Gasteiger partial charge in [0.15, 0.2) is 0 Å². The van der Waals surface area contributed by atoms with Crippen molar-refractivity contribution in [1.82, 2.24) is 15.2 Å². The van der Waals surface area contributed by atoms with Crippen molar-refractivity contribution in [2.75, 3.05) is 26.7 Å². The van der Waals surface area contributed by atoms with Crippen LogP contribution in [0.15, 0.2) is 36.7 Å². The van der Waals surface area contributed by atoms with E-state index in [0.717, 1.165) is 23.3 Å². The van der Waals surface area contributed by atoms with Crippen LogP contribution in [0.2, 0.25) is 0 Å². The van der Waals surface area contributed by atoms with Crippen molar-refractivity contribution in [1.29, 1.82) is 0 Å². The third kappa shape index (κ3) is 5.78. The fourth-order valence-electron chi connectivity index (χ4n) is 2.79. The number of aryl methyl sites for hydroxylation is 3. The lowest BCUT2D eigenvalue weighted by Crippen LogP contribution is -2.40. The molecule has 0 aliphatic heterocycles. The predicted molar refractivity (Wildman–Crippen MR) is 100 cm³/mol. The molecule has 2 amide bonds. The molecule has 134 valence electrons. The highest BCUT2D eigenvalue weighted by Crippen LogP contribution is 2.24. The maximum absolute atomic E-state index is 12.1. The molecule has 1 aromatic heterocycles. The van der Waals surface area contributed by atoms with E-state index in [-0.39, 0.29) is 6.03 Å². The molecular weight excluding hydrogens is 314 g/mol. The Morgan fingerprint density at radius 3 is 2.44 bits per heavy atom. The molecule has 0 atom stereocenters. The maximum Gasteiger partial charge on any atom is 0.317 e. The quantitative estimate of drug-likeness (QED) is 0.787. The average molecular weight is 341 g/mol. The number of pyridine rings is 1. The van der Waals surface area contributed by atoms with E-state index in [1.165, 1.54) is 11.1 Å². The Morgan fingerprint density at radius 2 is 1.80 bits per heavy atom. The Hall–Kier alpha value is -2.56. The standard InChI is InChI=1S/C20H27N3O2/c1-15-13-16(2)19(17(3)14-15)25-12-10-22-20(24)23(4)11-7-18-5-8-21-9-6-18/h5-6,8-9,13-14H,7,10-12H2,1-4H3,(H,22,24). The molecule has 1 aromatic carbocycles. The van der Waals surface area contributed by atoms with Crippen molar-refractivity contribution in [2.24, 2.45) is 0 Å². The summed E-state index contributed by atoms with van der Waals surface area (Å²) in [6.45, 7) is 7.75. The molecular formula is C20H27N3O2. The van der Waals surface area contributed by atoms with Crippen molar-refractivity contribution in [3.8, 4) is 5.75 Å². The first-order valence-corrected chi connectivity index (χ1v) is 8.56. The van der Waals surface area contributed by atoms with Crippen molar-refractivity contribution in [3.63, 3.8) is 0 Å². The fourth-order valence-corrected chi connectivity index (χ4v) is 2.79. The molecule has 0 spiro atoms. The first-order valence-electron chi connectivity index (χ1n) is 8.56. The molecule has 0 aliphatic rings. The number of carbonyl (C=O) groups is 1. The van der Waals surface area contributed by atoms with Crippen molar-refractivity contribution in [3.05, 3.63) is 58.9 Å². The van der Waals surface area contributed by atoms with Crippen LogP contribution in [0.5, 0.6) is 5.75 Å². The number of amides is 2. The molecule has 25 heavy (non-hydrogen) atoms. The molecule has 0 saturated carbocycles. The summed E-state index contributed by atoms with van der Waals surface area (Å²) in [5.74, 6) is 0.908. The zero-order valence-electron chi connectivity index (χ0n) is 15.5. The number of hydrogen-bond donors (Lipinski definition) is 1. The smallest absolute Gasteiger partial charge is 0.317 e. The minimum Gasteiger partial charge on any atom is -0.491 e. The summed E-state index contributed by atoms with van der Waals surface area (Å²) >= 11 is 0. The molecule has 5 heteroatoms. The largest absolute Gasteiger partial charge is 0.491 e. The highest BCUT2D eigenvalue weighted by atomic mass is 16.5. The summed E-state index contributed by atoms with van der Waals surface area (Å²) in [5.41, 5.74) is 4.64. The lowest BCUT2D eigenvalue weighted by Gasteiger charge is -2.18. The van der Waals surface area contributed by atoms with E-state index >= 15 is 0 Å². The van der Waals surface area contributed by atoms with Gasteiger partial charge in [-0.3, -0.25) is 4.98 Å². The number of likely N-dealkylation sites (N-methyl/N-ethyl adjacent to an activating group) is 1. The Labute approximate surface area is 150 Å². The number of urea groups is 1. The van der Waals surface area contributed by atoms with Gasteiger partial charge in [-0.2, -0.15) is 0 Å². The van der Waals surface area contributed by atoms with E-state index < -0.39 is 0 Å². The van der Waals surface area contributed by atoms with Gasteiger partial charge in [0.25, 0.3) is 0 Å². The molecule has 0 fully saturated rings. The number of ether oxygens (including phenoxy) is 1. The normalized spacial score (nSPS) is 10.4. The number of carbonyl (C=O) groups excluding carboxylic acids is 1. The monoisotopic (exact) mass is 341 g/mol. The van der Waals surface area contributed by atoms with Crippen LogP contribution in [0, 0.1) is 20.8 Å². The summed E-state index contributed by atoms with van der Waals surface area (Å²) < 4.78 is 5.84. The van der Waals surface area contributed by atoms with E-state index in [1.54, 1.807) is 24.3 Å². The van der Waals surface area contributed by atoms with Gasteiger partial charge in [0.05, 0.1) is 6.54 Å². The molecule has 0 radical (unpaired) electrons. The maximum atomic E-state index is 12.1. The van der Waals surface area contributed by atoms with E-state index in [1.807, 2.05) is 26.0 Å². The van der Waals surface area contributed by atoms with Gasteiger partial charge in [0, 0.05) is 26.0 Å². The van der Waals surface area contributed by atoms with Gasteiger partial charge in [-0.05, 0) is 56.0 Å². The summed E-state index contributed by atoms with van der Waals surface area (Å²) in [6, 6.07) is 8.05. The molecule has 0 saturated heterocycles. The van der Waals surface area contributed by atoms with Gasteiger partial charge >= 0.3 is 6.03 Å². The molecule has 2 aromatic rings. The van der Waals surface area contributed by atoms with Gasteiger partial charge in [-0.1, -0.05) is 17.7 Å². The Bertz CT molecular complexity index is 678. The van der Waals surface area contributed by atoms with Crippen LogP contribution in [0.25, 0.3) is 0 Å². The van der Waals surface area contributed by atoms with E-state index in [2.05, 4.69) is 29.4 Å². The minimum absolute atomic E-state index is 0.0880. The van der Waals surface area contributed by atoms with Crippen LogP contribution in [0.1, 0.15) is 22.3 Å². The number of hydrogen-bond acceptors (Lipinski definition) is 3. The van der Waals surface area contributed by atoms with Gasteiger partial charge in [0.1, 0.15) is 12.4 Å². The summed E-state index contributed by atoms with van der Waals surface area (Å²) in [5, 5.41) is 2.89. The molecule has 0 bridgehead atoms. The molecule has 2 rings (SSSR count). The molecule has 0 aliphatic carbocycles. The van der Waals surface area contributed by atoms with Gasteiger partial charge in [0.2, 0.25) is 0 Å². The van der Waals surface area contributed by atoms with E-state index in [0.29, 0.717) is 19.7 Å². The van der Waals surface area contributed by atoms with Crippen LogP contribution in [0.3, 0.4) is 0 Å². The summed E-state index contributed by atoms with van der Waals surface area (Å²) in [6.07, 6.45) is 4.34. The Balaban J connectivity index is 1.71. The highest BCUT2D eigenvalue weighted by Gasteiger charge is 2.09. The fraction of sp³-hybridized carbons (Fsp3) is 0.400. The van der Waals surface area contributed by atoms with Crippen molar-refractivity contribution in [2.45, 2.75) is 27.2 Å². The third-order valence-corrected chi connectivity index (χ3v) is 4.06.